The zero-order valence-electron chi connectivity index (χ0n) is 25.5. The predicted octanol–water partition coefficient (Wildman–Crippen LogP) is 5.68. The van der Waals surface area contributed by atoms with Gasteiger partial charge in [0.25, 0.3) is 0 Å². The fourth-order valence-corrected chi connectivity index (χ4v) is 6.19. The van der Waals surface area contributed by atoms with E-state index in [2.05, 4.69) is 93.6 Å². The van der Waals surface area contributed by atoms with E-state index in [-0.39, 0.29) is 24.4 Å². The van der Waals surface area contributed by atoms with E-state index in [0.717, 1.165) is 71.0 Å². The summed E-state index contributed by atoms with van der Waals surface area (Å²) >= 11 is 0. The standard InChI is InChI=1S/C31H42BN5O3Si/c1-30(2)31(3,4)40-32(39-30)24-13-12-21-17-23(11-10-22(21)18-24)26-19-34-29-27(35-26)36-28(25-9-8-14-33-25)37(29)20-38-15-16-41(5,6)7/h10-13,17-19,25,33H,8-9,14-16,20H2,1-7H3/t25-/m0/s1. The highest BCUT2D eigenvalue weighted by molar-refractivity contribution is 6.76. The Morgan fingerprint density at radius 2 is 1.76 bits per heavy atom. The number of fused-ring (bicyclic) bond motifs is 2. The zero-order chi connectivity index (χ0) is 29.0. The van der Waals surface area contributed by atoms with Crippen LogP contribution < -0.4 is 10.8 Å². The molecule has 0 bridgehead atoms. The van der Waals surface area contributed by atoms with Gasteiger partial charge in [-0.3, -0.25) is 4.57 Å². The van der Waals surface area contributed by atoms with Crippen molar-refractivity contribution in [1.29, 1.82) is 0 Å². The molecule has 1 atom stereocenters. The van der Waals surface area contributed by atoms with Gasteiger partial charge in [0.2, 0.25) is 0 Å². The van der Waals surface area contributed by atoms with Gasteiger partial charge in [0.1, 0.15) is 12.6 Å². The Bertz CT molecular complexity index is 1560. The van der Waals surface area contributed by atoms with Gasteiger partial charge in [0, 0.05) is 20.2 Å². The molecule has 2 aliphatic rings. The van der Waals surface area contributed by atoms with Crippen LogP contribution in [0, 0.1) is 0 Å². The van der Waals surface area contributed by atoms with Crippen LogP contribution in [0.15, 0.2) is 42.6 Å². The first-order valence-electron chi connectivity index (χ1n) is 14.8. The molecule has 1 N–H and O–H groups in total. The molecule has 6 rings (SSSR count). The molecule has 216 valence electrons. The average Bonchev–Trinajstić information content (AvgIpc) is 3.61. The number of ether oxygens (including phenoxy) is 1. The molecule has 0 aliphatic carbocycles. The highest BCUT2D eigenvalue weighted by atomic mass is 28.3. The molecule has 41 heavy (non-hydrogen) atoms. The first-order chi connectivity index (χ1) is 19.4. The molecule has 2 aromatic heterocycles. The lowest BCUT2D eigenvalue weighted by Crippen LogP contribution is -2.41. The first-order valence-corrected chi connectivity index (χ1v) is 18.5. The van der Waals surface area contributed by atoms with Crippen LogP contribution >= 0.6 is 0 Å². The van der Waals surface area contributed by atoms with Crippen molar-refractivity contribution in [1.82, 2.24) is 24.8 Å². The number of nitrogens with zero attached hydrogens (tertiary/aromatic N) is 4. The number of imidazole rings is 1. The highest BCUT2D eigenvalue weighted by Gasteiger charge is 2.51. The SMILES string of the molecule is CC1(C)OB(c2ccc3cc(-c4cnc5c(n4)nc([C@@H]4CCCN4)n5COCC[Si](C)(C)C)ccc3c2)OC1(C)C. The molecule has 0 unspecified atom stereocenters. The van der Waals surface area contributed by atoms with Crippen LogP contribution in [0.4, 0.5) is 0 Å². The van der Waals surface area contributed by atoms with Gasteiger partial charge in [0.15, 0.2) is 11.3 Å². The van der Waals surface area contributed by atoms with Crippen LogP contribution in [0.1, 0.15) is 52.4 Å². The number of nitrogens with one attached hydrogen (secondary N) is 1. The van der Waals surface area contributed by atoms with Crippen molar-refractivity contribution >= 4 is 42.7 Å². The normalized spacial score (nSPS) is 20.5. The van der Waals surface area contributed by atoms with Crippen molar-refractivity contribution < 1.29 is 14.0 Å². The Labute approximate surface area is 244 Å². The fourth-order valence-electron chi connectivity index (χ4n) is 5.44. The van der Waals surface area contributed by atoms with Crippen molar-refractivity contribution in [2.45, 2.75) is 90.2 Å². The van der Waals surface area contributed by atoms with Crippen molar-refractivity contribution in [2.24, 2.45) is 0 Å². The molecular weight excluding hydrogens is 529 g/mol. The van der Waals surface area contributed by atoms with E-state index in [9.17, 15) is 0 Å². The molecule has 10 heteroatoms. The fraction of sp³-hybridized carbons (Fsp3) is 0.516. The minimum absolute atomic E-state index is 0.203. The van der Waals surface area contributed by atoms with Gasteiger partial charge >= 0.3 is 7.12 Å². The number of rotatable bonds is 8. The van der Waals surface area contributed by atoms with Gasteiger partial charge in [-0.15, -0.1) is 0 Å². The molecule has 0 spiro atoms. The summed E-state index contributed by atoms with van der Waals surface area (Å²) in [5.74, 6) is 0.969. The summed E-state index contributed by atoms with van der Waals surface area (Å²) in [6, 6.07) is 14.1. The van der Waals surface area contributed by atoms with E-state index in [1.165, 1.54) is 0 Å². The van der Waals surface area contributed by atoms with Gasteiger partial charge in [-0.25, -0.2) is 15.0 Å². The largest absolute Gasteiger partial charge is 0.494 e. The van der Waals surface area contributed by atoms with E-state index in [1.807, 2.05) is 6.20 Å². The molecule has 4 heterocycles. The van der Waals surface area contributed by atoms with Crippen molar-refractivity contribution in [2.75, 3.05) is 13.2 Å². The Hall–Kier alpha value is -2.63. The van der Waals surface area contributed by atoms with E-state index in [4.69, 9.17) is 29.0 Å². The summed E-state index contributed by atoms with van der Waals surface area (Å²) in [7, 11) is -1.54. The third kappa shape index (κ3) is 5.73. The van der Waals surface area contributed by atoms with Gasteiger partial charge in [-0.05, 0) is 75.4 Å². The maximum absolute atomic E-state index is 6.27. The lowest BCUT2D eigenvalue weighted by atomic mass is 9.78. The van der Waals surface area contributed by atoms with E-state index in [0.29, 0.717) is 12.4 Å². The minimum Gasteiger partial charge on any atom is -0.399 e. The Kier molecular flexibility index (Phi) is 7.35. The topological polar surface area (TPSA) is 83.3 Å². The molecule has 2 aliphatic heterocycles. The lowest BCUT2D eigenvalue weighted by Gasteiger charge is -2.32. The molecule has 2 aromatic carbocycles. The maximum Gasteiger partial charge on any atom is 0.494 e. The van der Waals surface area contributed by atoms with Crippen LogP contribution in [-0.2, 0) is 20.8 Å². The third-order valence-electron chi connectivity index (χ3n) is 8.76. The second kappa shape index (κ2) is 10.6. The Morgan fingerprint density at radius 1 is 1.02 bits per heavy atom. The Morgan fingerprint density at radius 3 is 2.46 bits per heavy atom. The van der Waals surface area contributed by atoms with Crippen LogP contribution in [-0.4, -0.2) is 59.1 Å². The number of aromatic nitrogens is 4. The van der Waals surface area contributed by atoms with E-state index in [1.54, 1.807) is 0 Å². The highest BCUT2D eigenvalue weighted by Crippen LogP contribution is 2.37. The zero-order valence-corrected chi connectivity index (χ0v) is 26.5. The smallest absolute Gasteiger partial charge is 0.399 e. The minimum atomic E-state index is -1.16. The van der Waals surface area contributed by atoms with Crippen LogP contribution in [0.3, 0.4) is 0 Å². The third-order valence-corrected chi connectivity index (χ3v) is 10.5. The summed E-state index contributed by atoms with van der Waals surface area (Å²) in [6.45, 7) is 17.6. The molecule has 2 fully saturated rings. The van der Waals surface area contributed by atoms with Crippen molar-refractivity contribution in [3.63, 3.8) is 0 Å². The summed E-state index contributed by atoms with van der Waals surface area (Å²) < 4.78 is 20.8. The van der Waals surface area contributed by atoms with Crippen molar-refractivity contribution in [3.05, 3.63) is 48.4 Å². The summed E-state index contributed by atoms with van der Waals surface area (Å²) in [6.07, 6.45) is 4.06. The average molecular weight is 572 g/mol. The maximum atomic E-state index is 6.27. The van der Waals surface area contributed by atoms with E-state index >= 15 is 0 Å². The van der Waals surface area contributed by atoms with Crippen molar-refractivity contribution in [3.8, 4) is 11.3 Å². The molecule has 0 saturated carbocycles. The molecule has 8 nitrogen and oxygen atoms in total. The molecule has 0 radical (unpaired) electrons. The number of benzene rings is 2. The monoisotopic (exact) mass is 571 g/mol. The lowest BCUT2D eigenvalue weighted by molar-refractivity contribution is 0.00578. The molecular formula is C31H42BN5O3Si. The summed E-state index contributed by atoms with van der Waals surface area (Å²) in [4.78, 5) is 14.8. The Balaban J connectivity index is 1.27. The van der Waals surface area contributed by atoms with Gasteiger partial charge in [-0.1, -0.05) is 50.0 Å². The quantitative estimate of drug-likeness (QED) is 0.215. The predicted molar refractivity (Wildman–Crippen MR) is 168 cm³/mol. The van der Waals surface area contributed by atoms with Crippen LogP contribution in [0.5, 0.6) is 0 Å². The molecule has 4 aromatic rings. The van der Waals surface area contributed by atoms with E-state index < -0.39 is 8.07 Å². The molecule has 0 amide bonds. The number of hydrogen-bond donors (Lipinski definition) is 1. The summed E-state index contributed by atoms with van der Waals surface area (Å²) in [5, 5.41) is 5.84. The first kappa shape index (κ1) is 28.5. The molecule has 2 saturated heterocycles. The van der Waals surface area contributed by atoms with Crippen LogP contribution in [0.25, 0.3) is 33.3 Å². The number of hydrogen-bond acceptors (Lipinski definition) is 7. The second-order valence-electron chi connectivity index (χ2n) is 13.7. The van der Waals surface area contributed by atoms with Gasteiger partial charge in [-0.2, -0.15) is 0 Å². The van der Waals surface area contributed by atoms with Crippen LogP contribution in [0.2, 0.25) is 25.7 Å². The summed E-state index contributed by atoms with van der Waals surface area (Å²) in [5.41, 5.74) is 3.55. The van der Waals surface area contributed by atoms with Gasteiger partial charge < -0.3 is 19.4 Å². The van der Waals surface area contributed by atoms with Gasteiger partial charge in [0.05, 0.1) is 29.1 Å². The second-order valence-corrected chi connectivity index (χ2v) is 19.3.